The number of nitrogens with one attached hydrogen (secondary N) is 1. The zero-order valence-corrected chi connectivity index (χ0v) is 19.3. The minimum absolute atomic E-state index is 0.0864. The molecule has 34 heavy (non-hydrogen) atoms. The third-order valence-corrected chi connectivity index (χ3v) is 8.39. The second kappa shape index (κ2) is 7.18. The first kappa shape index (κ1) is 19.8. The standard InChI is InChI=1S/C24H23N9S/c1-14(22-26-8-11-34-22)18-17-20(30-29-18)28-23(33-13-27-31-21(17)33)32-9-6-24(7-10-32)12-15-4-2-3-5-16(15)19(24)25/h2-5,8,11,13,19H,1,6-7,9-10,12,25H2,(H,29,30)/t19-/m1/s1. The first-order chi connectivity index (χ1) is 16.6. The van der Waals surface area contributed by atoms with E-state index in [9.17, 15) is 0 Å². The molecule has 0 bridgehead atoms. The molecule has 1 atom stereocenters. The topological polar surface area (TPSA) is 114 Å². The number of rotatable bonds is 3. The van der Waals surface area contributed by atoms with Gasteiger partial charge in [-0.2, -0.15) is 10.1 Å². The van der Waals surface area contributed by atoms with Crippen LogP contribution in [0, 0.1) is 5.41 Å². The third-order valence-electron chi connectivity index (χ3n) is 7.56. The second-order valence-corrected chi connectivity index (χ2v) is 10.1. The Morgan fingerprint density at radius 2 is 2.09 bits per heavy atom. The van der Waals surface area contributed by atoms with Crippen molar-refractivity contribution in [3.05, 3.63) is 70.6 Å². The Bertz CT molecular complexity index is 1540. The number of piperidine rings is 1. The van der Waals surface area contributed by atoms with E-state index in [2.05, 4.69) is 61.1 Å². The molecule has 5 aromatic rings. The number of anilines is 1. The highest BCUT2D eigenvalue weighted by Crippen LogP contribution is 2.51. The largest absolute Gasteiger partial charge is 0.342 e. The summed E-state index contributed by atoms with van der Waals surface area (Å²) in [7, 11) is 0. The van der Waals surface area contributed by atoms with E-state index < -0.39 is 0 Å². The predicted molar refractivity (Wildman–Crippen MR) is 132 cm³/mol. The van der Waals surface area contributed by atoms with Crippen molar-refractivity contribution in [3.63, 3.8) is 0 Å². The number of nitrogens with two attached hydrogens (primary N) is 1. The van der Waals surface area contributed by atoms with E-state index in [1.54, 1.807) is 12.5 Å². The molecule has 1 aromatic carbocycles. The van der Waals surface area contributed by atoms with Crippen molar-refractivity contribution >= 4 is 39.5 Å². The van der Waals surface area contributed by atoms with Gasteiger partial charge in [-0.3, -0.25) is 9.50 Å². The Balaban J connectivity index is 1.23. The van der Waals surface area contributed by atoms with Crippen molar-refractivity contribution in [1.29, 1.82) is 0 Å². The average Bonchev–Trinajstić information content (AvgIpc) is 3.66. The summed E-state index contributed by atoms with van der Waals surface area (Å²) in [4.78, 5) is 11.6. The number of hydrogen-bond donors (Lipinski definition) is 2. The third kappa shape index (κ3) is 2.72. The number of hydrogen-bond acceptors (Lipinski definition) is 8. The van der Waals surface area contributed by atoms with Gasteiger partial charge in [-0.1, -0.05) is 30.8 Å². The maximum Gasteiger partial charge on any atom is 0.214 e. The SMILES string of the molecule is C=C(c1nccs1)c1n[nH]c2nc(N3CCC4(CC3)Cc3ccccc3[C@H]4N)n3cnnc3c12. The summed E-state index contributed by atoms with van der Waals surface area (Å²) in [6, 6.07) is 8.71. The van der Waals surface area contributed by atoms with Crippen LogP contribution >= 0.6 is 11.3 Å². The lowest BCUT2D eigenvalue weighted by molar-refractivity contribution is 0.187. The summed E-state index contributed by atoms with van der Waals surface area (Å²) in [5.74, 6) is 0.821. The maximum atomic E-state index is 6.77. The van der Waals surface area contributed by atoms with Gasteiger partial charge in [0.1, 0.15) is 17.0 Å². The van der Waals surface area contributed by atoms with Gasteiger partial charge in [0.25, 0.3) is 0 Å². The fourth-order valence-corrected chi connectivity index (χ4v) is 6.32. The van der Waals surface area contributed by atoms with Crippen LogP contribution in [0.15, 0.2) is 48.7 Å². The quantitative estimate of drug-likeness (QED) is 0.416. The van der Waals surface area contributed by atoms with Gasteiger partial charge in [0.05, 0.1) is 5.39 Å². The van der Waals surface area contributed by atoms with Crippen LogP contribution in [0.1, 0.15) is 40.7 Å². The monoisotopic (exact) mass is 469 g/mol. The van der Waals surface area contributed by atoms with Gasteiger partial charge >= 0.3 is 0 Å². The smallest absolute Gasteiger partial charge is 0.214 e. The molecule has 0 saturated carbocycles. The number of benzene rings is 1. The van der Waals surface area contributed by atoms with Crippen molar-refractivity contribution in [3.8, 4) is 0 Å². The molecule has 5 heterocycles. The number of nitrogens with zero attached hydrogens (tertiary/aromatic N) is 7. The van der Waals surface area contributed by atoms with E-state index >= 15 is 0 Å². The molecule has 0 unspecified atom stereocenters. The van der Waals surface area contributed by atoms with Crippen molar-refractivity contribution in [2.24, 2.45) is 11.1 Å². The van der Waals surface area contributed by atoms with Crippen molar-refractivity contribution in [1.82, 2.24) is 34.8 Å². The summed E-state index contributed by atoms with van der Waals surface area (Å²) in [6.45, 7) is 5.97. The van der Waals surface area contributed by atoms with Gasteiger partial charge in [-0.25, -0.2) is 4.98 Å². The Kier molecular flexibility index (Phi) is 4.18. The van der Waals surface area contributed by atoms with Gasteiger partial charge in [-0.15, -0.1) is 21.5 Å². The molecule has 10 heteroatoms. The Hall–Kier alpha value is -3.63. The lowest BCUT2D eigenvalue weighted by atomic mass is 9.73. The van der Waals surface area contributed by atoms with Crippen LogP contribution in [0.5, 0.6) is 0 Å². The van der Waals surface area contributed by atoms with Crippen LogP contribution in [-0.2, 0) is 6.42 Å². The van der Waals surface area contributed by atoms with Crippen LogP contribution in [0.3, 0.4) is 0 Å². The molecule has 1 fully saturated rings. The molecule has 1 aliphatic carbocycles. The average molecular weight is 470 g/mol. The molecule has 2 aliphatic rings. The molecule has 3 N–H and O–H groups in total. The summed E-state index contributed by atoms with van der Waals surface area (Å²) in [5.41, 5.74) is 12.4. The highest BCUT2D eigenvalue weighted by molar-refractivity contribution is 7.10. The van der Waals surface area contributed by atoms with Crippen LogP contribution in [0.25, 0.3) is 22.3 Å². The second-order valence-electron chi connectivity index (χ2n) is 9.25. The summed E-state index contributed by atoms with van der Waals surface area (Å²) in [6.07, 6.45) is 6.57. The molecular weight excluding hydrogens is 446 g/mol. The van der Waals surface area contributed by atoms with Gasteiger partial charge in [0.2, 0.25) is 5.95 Å². The van der Waals surface area contributed by atoms with E-state index in [0.717, 1.165) is 54.3 Å². The zero-order valence-electron chi connectivity index (χ0n) is 18.5. The minimum atomic E-state index is 0.0864. The molecule has 7 rings (SSSR count). The summed E-state index contributed by atoms with van der Waals surface area (Å²) >= 11 is 1.53. The van der Waals surface area contributed by atoms with E-state index in [-0.39, 0.29) is 11.5 Å². The number of H-pyrrole nitrogens is 1. The van der Waals surface area contributed by atoms with E-state index in [1.807, 2.05) is 9.78 Å². The molecule has 4 aromatic heterocycles. The molecular formula is C24H23N9S. The van der Waals surface area contributed by atoms with Crippen LogP contribution < -0.4 is 10.6 Å². The van der Waals surface area contributed by atoms with Crippen molar-refractivity contribution < 1.29 is 0 Å². The lowest BCUT2D eigenvalue weighted by Gasteiger charge is -2.42. The molecule has 1 aliphatic heterocycles. The Morgan fingerprint density at radius 3 is 2.88 bits per heavy atom. The van der Waals surface area contributed by atoms with E-state index in [1.165, 1.54) is 22.5 Å². The van der Waals surface area contributed by atoms with Crippen LogP contribution in [0.4, 0.5) is 5.95 Å². The summed E-state index contributed by atoms with van der Waals surface area (Å²) < 4.78 is 1.96. The van der Waals surface area contributed by atoms with E-state index in [0.29, 0.717) is 17.0 Å². The molecule has 0 radical (unpaired) electrons. The molecule has 1 spiro atoms. The number of thiazole rings is 1. The van der Waals surface area contributed by atoms with Gasteiger partial charge in [0.15, 0.2) is 11.3 Å². The molecule has 170 valence electrons. The van der Waals surface area contributed by atoms with Crippen molar-refractivity contribution in [2.75, 3.05) is 18.0 Å². The van der Waals surface area contributed by atoms with Crippen LogP contribution in [0.2, 0.25) is 0 Å². The van der Waals surface area contributed by atoms with Crippen molar-refractivity contribution in [2.45, 2.75) is 25.3 Å². The number of aromatic amines is 1. The number of fused-ring (bicyclic) bond motifs is 4. The summed E-state index contributed by atoms with van der Waals surface area (Å²) in [5, 5.41) is 19.8. The molecule has 1 saturated heterocycles. The first-order valence-electron chi connectivity index (χ1n) is 11.4. The lowest BCUT2D eigenvalue weighted by Crippen LogP contribution is -2.45. The van der Waals surface area contributed by atoms with Crippen LogP contribution in [-0.4, -0.2) is 47.9 Å². The number of aromatic nitrogens is 7. The van der Waals surface area contributed by atoms with E-state index in [4.69, 9.17) is 10.7 Å². The highest BCUT2D eigenvalue weighted by atomic mass is 32.1. The molecule has 0 amide bonds. The zero-order chi connectivity index (χ0) is 22.9. The van der Waals surface area contributed by atoms with Gasteiger partial charge in [-0.05, 0) is 35.8 Å². The highest BCUT2D eigenvalue weighted by Gasteiger charge is 2.46. The predicted octanol–water partition coefficient (Wildman–Crippen LogP) is 3.36. The minimum Gasteiger partial charge on any atom is -0.342 e. The van der Waals surface area contributed by atoms with Gasteiger partial charge < -0.3 is 10.6 Å². The fourth-order valence-electron chi connectivity index (χ4n) is 5.70. The fraction of sp³-hybridized carbons (Fsp3) is 0.292. The maximum absolute atomic E-state index is 6.77. The molecule has 9 nitrogen and oxygen atoms in total. The normalized spacial score (nSPS) is 19.3. The first-order valence-corrected chi connectivity index (χ1v) is 12.3. The Labute approximate surface area is 199 Å². The van der Waals surface area contributed by atoms with Gasteiger partial charge in [0, 0.05) is 36.3 Å². The Morgan fingerprint density at radius 1 is 1.24 bits per heavy atom.